The van der Waals surface area contributed by atoms with E-state index in [-0.39, 0.29) is 11.8 Å². The molecule has 2 bridgehead atoms. The molecule has 2 heteroatoms. The molecule has 0 heterocycles. The molecule has 21 heavy (non-hydrogen) atoms. The Morgan fingerprint density at radius 2 is 1.38 bits per heavy atom. The van der Waals surface area contributed by atoms with Crippen LogP contribution >= 0.6 is 11.6 Å². The summed E-state index contributed by atoms with van der Waals surface area (Å²) in [6.07, 6.45) is 4.07. The van der Waals surface area contributed by atoms with Crippen LogP contribution < -0.4 is 0 Å². The first-order valence-corrected chi connectivity index (χ1v) is 8.11. The molecule has 2 atom stereocenters. The second kappa shape index (κ2) is 4.86. The predicted octanol–water partition coefficient (Wildman–Crippen LogP) is 4.35. The molecule has 0 radical (unpaired) electrons. The third kappa shape index (κ3) is 1.95. The van der Waals surface area contributed by atoms with Crippen LogP contribution in [0.1, 0.15) is 29.5 Å². The summed E-state index contributed by atoms with van der Waals surface area (Å²) in [5.74, 6) is 0.539. The van der Waals surface area contributed by atoms with E-state index >= 15 is 0 Å². The second-order valence-electron chi connectivity index (χ2n) is 6.45. The average Bonchev–Trinajstić information content (AvgIpc) is 2.71. The van der Waals surface area contributed by atoms with Crippen LogP contribution in [0.2, 0.25) is 5.02 Å². The fourth-order valence-electron chi connectivity index (χ4n) is 4.40. The SMILES string of the molecule is OC1(c2ccccc2Cl)C2CCC1Cc1ccccc1C2. The Morgan fingerprint density at radius 3 is 1.95 bits per heavy atom. The monoisotopic (exact) mass is 298 g/mol. The van der Waals surface area contributed by atoms with Crippen molar-refractivity contribution in [1.29, 1.82) is 0 Å². The maximum Gasteiger partial charge on any atom is 0.0973 e. The van der Waals surface area contributed by atoms with Crippen LogP contribution in [-0.2, 0) is 18.4 Å². The first kappa shape index (κ1) is 13.4. The van der Waals surface area contributed by atoms with Crippen molar-refractivity contribution >= 4 is 11.6 Å². The van der Waals surface area contributed by atoms with E-state index in [1.165, 1.54) is 11.1 Å². The van der Waals surface area contributed by atoms with E-state index < -0.39 is 5.60 Å². The van der Waals surface area contributed by atoms with Gasteiger partial charge in [-0.05, 0) is 54.7 Å². The number of rotatable bonds is 1. The van der Waals surface area contributed by atoms with Crippen molar-refractivity contribution in [2.75, 3.05) is 0 Å². The Balaban J connectivity index is 1.84. The van der Waals surface area contributed by atoms with Gasteiger partial charge < -0.3 is 5.11 Å². The molecule has 0 aliphatic heterocycles. The van der Waals surface area contributed by atoms with Crippen molar-refractivity contribution in [3.63, 3.8) is 0 Å². The molecule has 2 aromatic carbocycles. The zero-order valence-corrected chi connectivity index (χ0v) is 12.7. The van der Waals surface area contributed by atoms with E-state index in [9.17, 15) is 5.11 Å². The van der Waals surface area contributed by atoms with Gasteiger partial charge >= 0.3 is 0 Å². The van der Waals surface area contributed by atoms with E-state index in [2.05, 4.69) is 24.3 Å². The summed E-state index contributed by atoms with van der Waals surface area (Å²) in [4.78, 5) is 0. The molecule has 2 aliphatic rings. The molecule has 4 rings (SSSR count). The number of halogens is 1. The molecule has 2 unspecified atom stereocenters. The Labute approximate surface area is 130 Å². The van der Waals surface area contributed by atoms with Crippen LogP contribution in [0.25, 0.3) is 0 Å². The minimum atomic E-state index is -0.780. The lowest BCUT2D eigenvalue weighted by Crippen LogP contribution is -2.37. The Morgan fingerprint density at radius 1 is 0.857 bits per heavy atom. The molecule has 1 N–H and O–H groups in total. The summed E-state index contributed by atoms with van der Waals surface area (Å²) >= 11 is 6.41. The highest BCUT2D eigenvalue weighted by Crippen LogP contribution is 2.53. The van der Waals surface area contributed by atoms with Gasteiger partial charge in [0.1, 0.15) is 0 Å². The summed E-state index contributed by atoms with van der Waals surface area (Å²) < 4.78 is 0. The largest absolute Gasteiger partial charge is 0.385 e. The summed E-state index contributed by atoms with van der Waals surface area (Å²) in [6, 6.07) is 16.4. The van der Waals surface area contributed by atoms with Gasteiger partial charge in [0.25, 0.3) is 0 Å². The van der Waals surface area contributed by atoms with Crippen molar-refractivity contribution in [3.05, 3.63) is 70.2 Å². The molecule has 0 saturated heterocycles. The zero-order valence-electron chi connectivity index (χ0n) is 11.9. The maximum absolute atomic E-state index is 11.6. The molecular weight excluding hydrogens is 280 g/mol. The minimum Gasteiger partial charge on any atom is -0.385 e. The highest BCUT2D eigenvalue weighted by molar-refractivity contribution is 6.31. The molecule has 1 nitrogen and oxygen atoms in total. The van der Waals surface area contributed by atoms with Crippen LogP contribution in [0.5, 0.6) is 0 Å². The summed E-state index contributed by atoms with van der Waals surface area (Å²) in [7, 11) is 0. The third-order valence-electron chi connectivity index (χ3n) is 5.46. The number of fused-ring (bicyclic) bond motifs is 3. The van der Waals surface area contributed by atoms with Gasteiger partial charge in [0.15, 0.2) is 0 Å². The van der Waals surface area contributed by atoms with Crippen LogP contribution in [0.4, 0.5) is 0 Å². The second-order valence-corrected chi connectivity index (χ2v) is 6.86. The Hall–Kier alpha value is -1.31. The molecular formula is C19H19ClO. The van der Waals surface area contributed by atoms with Gasteiger partial charge in [0.05, 0.1) is 5.60 Å². The van der Waals surface area contributed by atoms with E-state index in [1.807, 2.05) is 24.3 Å². The van der Waals surface area contributed by atoms with Crippen LogP contribution in [-0.4, -0.2) is 5.11 Å². The fraction of sp³-hybridized carbons (Fsp3) is 0.368. The highest BCUT2D eigenvalue weighted by Gasteiger charge is 2.52. The average molecular weight is 299 g/mol. The quantitative estimate of drug-likeness (QED) is 0.830. The maximum atomic E-state index is 11.6. The van der Waals surface area contributed by atoms with Crippen molar-refractivity contribution in [2.24, 2.45) is 11.8 Å². The van der Waals surface area contributed by atoms with Gasteiger partial charge in [0.2, 0.25) is 0 Å². The zero-order chi connectivity index (χ0) is 14.4. The first-order valence-electron chi connectivity index (χ1n) is 7.73. The van der Waals surface area contributed by atoms with E-state index in [1.54, 1.807) is 0 Å². The Kier molecular flexibility index (Phi) is 3.09. The number of aliphatic hydroxyl groups is 1. The molecule has 1 saturated carbocycles. The van der Waals surface area contributed by atoms with Gasteiger partial charge in [-0.1, -0.05) is 54.1 Å². The summed E-state index contributed by atoms with van der Waals surface area (Å²) in [5, 5.41) is 12.3. The molecule has 2 aliphatic carbocycles. The third-order valence-corrected chi connectivity index (χ3v) is 5.79. The lowest BCUT2D eigenvalue weighted by molar-refractivity contribution is -0.0394. The Bertz CT molecular complexity index is 646. The molecule has 0 spiro atoms. The van der Waals surface area contributed by atoms with E-state index in [0.717, 1.165) is 31.2 Å². The minimum absolute atomic E-state index is 0.269. The molecule has 0 amide bonds. The highest BCUT2D eigenvalue weighted by atomic mass is 35.5. The normalized spacial score (nSPS) is 30.8. The van der Waals surface area contributed by atoms with Crippen molar-refractivity contribution in [2.45, 2.75) is 31.3 Å². The number of hydrogen-bond donors (Lipinski definition) is 1. The van der Waals surface area contributed by atoms with Crippen molar-refractivity contribution in [3.8, 4) is 0 Å². The standard InChI is InChI=1S/C19H19ClO/c20-18-8-4-3-7-17(18)19(21)15-9-10-16(19)12-14-6-2-1-5-13(14)11-15/h1-8,15-16,21H,9-12H2. The lowest BCUT2D eigenvalue weighted by Gasteiger charge is -2.35. The van der Waals surface area contributed by atoms with Gasteiger partial charge in [-0.3, -0.25) is 0 Å². The van der Waals surface area contributed by atoms with Crippen LogP contribution in [0, 0.1) is 11.8 Å². The number of benzene rings is 2. The smallest absolute Gasteiger partial charge is 0.0973 e. The van der Waals surface area contributed by atoms with Gasteiger partial charge in [-0.2, -0.15) is 0 Å². The molecule has 0 aromatic heterocycles. The topological polar surface area (TPSA) is 20.2 Å². The molecule has 2 aromatic rings. The molecule has 1 fully saturated rings. The molecule has 108 valence electrons. The predicted molar refractivity (Wildman–Crippen MR) is 85.4 cm³/mol. The van der Waals surface area contributed by atoms with Gasteiger partial charge in [0, 0.05) is 10.6 Å². The fourth-order valence-corrected chi connectivity index (χ4v) is 4.69. The van der Waals surface area contributed by atoms with Crippen molar-refractivity contribution in [1.82, 2.24) is 0 Å². The van der Waals surface area contributed by atoms with E-state index in [0.29, 0.717) is 5.02 Å². The van der Waals surface area contributed by atoms with Crippen LogP contribution in [0.15, 0.2) is 48.5 Å². The number of hydrogen-bond acceptors (Lipinski definition) is 1. The van der Waals surface area contributed by atoms with Gasteiger partial charge in [-0.15, -0.1) is 0 Å². The summed E-state index contributed by atoms with van der Waals surface area (Å²) in [6.45, 7) is 0. The van der Waals surface area contributed by atoms with E-state index in [4.69, 9.17) is 11.6 Å². The van der Waals surface area contributed by atoms with Crippen LogP contribution in [0.3, 0.4) is 0 Å². The van der Waals surface area contributed by atoms with Crippen molar-refractivity contribution < 1.29 is 5.11 Å². The summed E-state index contributed by atoms with van der Waals surface area (Å²) in [5.41, 5.74) is 2.94. The first-order chi connectivity index (χ1) is 10.2. The van der Waals surface area contributed by atoms with Gasteiger partial charge in [-0.25, -0.2) is 0 Å². The lowest BCUT2D eigenvalue weighted by atomic mass is 9.77.